The molecule has 1 heterocycles. The first-order chi connectivity index (χ1) is 9.62. The largest absolute Gasteiger partial charge is 0.497 e. The first-order valence-corrected chi connectivity index (χ1v) is 5.90. The molecule has 20 heavy (non-hydrogen) atoms. The number of nitrogens with zero attached hydrogens (tertiary/aromatic N) is 2. The van der Waals surface area contributed by atoms with Crippen molar-refractivity contribution in [1.82, 2.24) is 5.32 Å². The van der Waals surface area contributed by atoms with Crippen LogP contribution in [0, 0.1) is 34.5 Å². The summed E-state index contributed by atoms with van der Waals surface area (Å²) < 4.78 is 5.03. The first kappa shape index (κ1) is 13.6. The number of benzene rings is 1. The van der Waals surface area contributed by atoms with E-state index in [-0.39, 0.29) is 0 Å². The smallest absolute Gasteiger partial charge is 0.244 e. The maximum atomic E-state index is 11.7. The highest BCUT2D eigenvalue weighted by molar-refractivity contribution is 6.03. The molecule has 2 amide bonds. The third kappa shape index (κ3) is 2.19. The third-order valence-corrected chi connectivity index (χ3v) is 3.31. The molecule has 1 saturated heterocycles. The molecule has 1 fully saturated rings. The van der Waals surface area contributed by atoms with Crippen LogP contribution in [-0.4, -0.2) is 18.9 Å². The van der Waals surface area contributed by atoms with Crippen LogP contribution in [0.15, 0.2) is 24.3 Å². The van der Waals surface area contributed by atoms with Crippen molar-refractivity contribution in [3.63, 3.8) is 0 Å². The van der Waals surface area contributed by atoms with Gasteiger partial charge in [-0.2, -0.15) is 10.5 Å². The molecule has 1 aliphatic rings. The fourth-order valence-corrected chi connectivity index (χ4v) is 2.28. The Morgan fingerprint density at radius 3 is 1.95 bits per heavy atom. The van der Waals surface area contributed by atoms with Crippen molar-refractivity contribution in [2.24, 2.45) is 11.8 Å². The minimum Gasteiger partial charge on any atom is -0.497 e. The predicted octanol–water partition coefficient (Wildman–Crippen LogP) is 0.715. The van der Waals surface area contributed by atoms with Crippen molar-refractivity contribution < 1.29 is 14.3 Å². The quantitative estimate of drug-likeness (QED) is 0.796. The van der Waals surface area contributed by atoms with Gasteiger partial charge in [-0.25, -0.2) is 0 Å². The highest BCUT2D eigenvalue weighted by atomic mass is 16.5. The molecular formula is C14H11N3O3. The number of methoxy groups -OCH3 is 1. The van der Waals surface area contributed by atoms with Crippen molar-refractivity contribution in [1.29, 1.82) is 10.5 Å². The highest BCUT2D eigenvalue weighted by Gasteiger charge is 2.45. The van der Waals surface area contributed by atoms with Crippen molar-refractivity contribution in [2.45, 2.75) is 5.92 Å². The summed E-state index contributed by atoms with van der Waals surface area (Å²) in [6.45, 7) is 0. The molecule has 0 saturated carbocycles. The molecule has 1 N–H and O–H groups in total. The van der Waals surface area contributed by atoms with Gasteiger partial charge in [0.2, 0.25) is 11.8 Å². The minimum atomic E-state index is -1.06. The summed E-state index contributed by atoms with van der Waals surface area (Å²) in [4.78, 5) is 23.4. The molecule has 0 aromatic heterocycles. The molecule has 1 aliphatic heterocycles. The SMILES string of the molecule is COc1ccc(C2C(C#N)C(=O)NC(=O)C2C#N)cc1. The van der Waals surface area contributed by atoms with E-state index in [1.54, 1.807) is 24.3 Å². The van der Waals surface area contributed by atoms with Gasteiger partial charge in [-0.15, -0.1) is 0 Å². The van der Waals surface area contributed by atoms with Gasteiger partial charge in [0, 0.05) is 5.92 Å². The van der Waals surface area contributed by atoms with Crippen LogP contribution in [0.4, 0.5) is 0 Å². The lowest BCUT2D eigenvalue weighted by atomic mass is 9.74. The van der Waals surface area contributed by atoms with Crippen LogP contribution < -0.4 is 10.1 Å². The number of carbonyl (C=O) groups excluding carboxylic acids is 2. The van der Waals surface area contributed by atoms with E-state index in [2.05, 4.69) is 5.32 Å². The summed E-state index contributed by atoms with van der Waals surface area (Å²) in [5.41, 5.74) is 0.590. The maximum absolute atomic E-state index is 11.7. The van der Waals surface area contributed by atoms with Crippen LogP contribution >= 0.6 is 0 Å². The Morgan fingerprint density at radius 2 is 1.55 bits per heavy atom. The number of ether oxygens (including phenoxy) is 1. The Labute approximate surface area is 115 Å². The average molecular weight is 269 g/mol. The Bertz CT molecular complexity index is 593. The van der Waals surface area contributed by atoms with E-state index in [0.29, 0.717) is 11.3 Å². The van der Waals surface area contributed by atoms with E-state index >= 15 is 0 Å². The van der Waals surface area contributed by atoms with E-state index in [1.807, 2.05) is 12.1 Å². The number of hydrogen-bond donors (Lipinski definition) is 1. The number of piperidine rings is 1. The van der Waals surface area contributed by atoms with Gasteiger partial charge in [-0.3, -0.25) is 14.9 Å². The monoisotopic (exact) mass is 269 g/mol. The molecule has 6 heteroatoms. The standard InChI is InChI=1S/C14H11N3O3/c1-20-9-4-2-8(3-5-9)12-10(6-15)13(18)17-14(19)11(12)7-16/h2-5,10-12H,1H3,(H,17,18,19). The number of imide groups is 1. The zero-order valence-electron chi connectivity index (χ0n) is 10.7. The summed E-state index contributed by atoms with van der Waals surface area (Å²) in [5.74, 6) is -3.61. The van der Waals surface area contributed by atoms with Crippen molar-refractivity contribution in [3.8, 4) is 17.9 Å². The van der Waals surface area contributed by atoms with Gasteiger partial charge >= 0.3 is 0 Å². The molecule has 6 nitrogen and oxygen atoms in total. The number of nitriles is 2. The summed E-state index contributed by atoms with van der Waals surface area (Å²) in [6.07, 6.45) is 0. The Kier molecular flexibility index (Phi) is 3.67. The molecule has 0 aliphatic carbocycles. The number of rotatable bonds is 2. The topological polar surface area (TPSA) is 103 Å². The molecular weight excluding hydrogens is 258 g/mol. The highest BCUT2D eigenvalue weighted by Crippen LogP contribution is 2.35. The fourth-order valence-electron chi connectivity index (χ4n) is 2.28. The van der Waals surface area contributed by atoms with Crippen LogP contribution in [-0.2, 0) is 9.59 Å². The summed E-state index contributed by atoms with van der Waals surface area (Å²) >= 11 is 0. The molecule has 0 radical (unpaired) electrons. The van der Waals surface area contributed by atoms with E-state index in [1.165, 1.54) is 7.11 Å². The Morgan fingerprint density at radius 1 is 1.05 bits per heavy atom. The van der Waals surface area contributed by atoms with Crippen molar-refractivity contribution in [3.05, 3.63) is 29.8 Å². The van der Waals surface area contributed by atoms with Crippen LogP contribution in [0.3, 0.4) is 0 Å². The molecule has 0 spiro atoms. The molecule has 1 aromatic rings. The van der Waals surface area contributed by atoms with Gasteiger partial charge in [0.15, 0.2) is 0 Å². The van der Waals surface area contributed by atoms with E-state index in [9.17, 15) is 9.59 Å². The molecule has 2 atom stereocenters. The summed E-state index contributed by atoms with van der Waals surface area (Å²) in [6, 6.07) is 10.4. The van der Waals surface area contributed by atoms with Crippen molar-refractivity contribution in [2.75, 3.05) is 7.11 Å². The Balaban J connectivity index is 2.46. The van der Waals surface area contributed by atoms with Gasteiger partial charge in [-0.05, 0) is 17.7 Å². The minimum absolute atomic E-state index is 0.590. The first-order valence-electron chi connectivity index (χ1n) is 5.90. The Hall–Kier alpha value is -2.86. The number of carbonyl (C=O) groups is 2. The van der Waals surface area contributed by atoms with Gasteiger partial charge in [0.25, 0.3) is 0 Å². The van der Waals surface area contributed by atoms with Crippen LogP contribution in [0.25, 0.3) is 0 Å². The number of nitrogens with one attached hydrogen (secondary N) is 1. The zero-order chi connectivity index (χ0) is 14.7. The van der Waals surface area contributed by atoms with Gasteiger partial charge in [0.1, 0.15) is 17.6 Å². The zero-order valence-corrected chi connectivity index (χ0v) is 10.7. The summed E-state index contributed by atoms with van der Waals surface area (Å²) in [7, 11) is 1.52. The molecule has 1 aromatic carbocycles. The van der Waals surface area contributed by atoms with Gasteiger partial charge in [0.05, 0.1) is 19.2 Å². The average Bonchev–Trinajstić information content (AvgIpc) is 2.46. The molecule has 0 bridgehead atoms. The second kappa shape index (κ2) is 5.41. The molecule has 100 valence electrons. The van der Waals surface area contributed by atoms with Crippen LogP contribution in [0.5, 0.6) is 5.75 Å². The lowest BCUT2D eigenvalue weighted by Crippen LogP contribution is -2.49. The van der Waals surface area contributed by atoms with Gasteiger partial charge < -0.3 is 4.74 Å². The van der Waals surface area contributed by atoms with Crippen LogP contribution in [0.2, 0.25) is 0 Å². The maximum Gasteiger partial charge on any atom is 0.244 e. The molecule has 2 unspecified atom stereocenters. The number of amides is 2. The molecule has 2 rings (SSSR count). The van der Waals surface area contributed by atoms with E-state index in [0.717, 1.165) is 0 Å². The van der Waals surface area contributed by atoms with Crippen LogP contribution in [0.1, 0.15) is 11.5 Å². The fraction of sp³-hybridized carbons (Fsp3) is 0.286. The van der Waals surface area contributed by atoms with Gasteiger partial charge in [-0.1, -0.05) is 12.1 Å². The normalized spacial score (nSPS) is 25.2. The lowest BCUT2D eigenvalue weighted by Gasteiger charge is -2.29. The third-order valence-electron chi connectivity index (χ3n) is 3.31. The second-order valence-electron chi connectivity index (χ2n) is 4.37. The van der Waals surface area contributed by atoms with Crippen molar-refractivity contribution >= 4 is 11.8 Å². The van der Waals surface area contributed by atoms with E-state index < -0.39 is 29.6 Å². The second-order valence-corrected chi connectivity index (χ2v) is 4.37. The summed E-state index contributed by atoms with van der Waals surface area (Å²) in [5, 5.41) is 20.3. The predicted molar refractivity (Wildman–Crippen MR) is 67.1 cm³/mol. The number of hydrogen-bond acceptors (Lipinski definition) is 5. The lowest BCUT2D eigenvalue weighted by molar-refractivity contribution is -0.137. The van der Waals surface area contributed by atoms with E-state index in [4.69, 9.17) is 15.3 Å².